The van der Waals surface area contributed by atoms with Crippen molar-refractivity contribution in [3.8, 4) is 0 Å². The van der Waals surface area contributed by atoms with Crippen molar-refractivity contribution in [2.24, 2.45) is 5.92 Å². The van der Waals surface area contributed by atoms with Gasteiger partial charge in [0.1, 0.15) is 6.04 Å². The minimum absolute atomic E-state index is 0.00802. The number of amides is 1. The van der Waals surface area contributed by atoms with E-state index >= 15 is 0 Å². The van der Waals surface area contributed by atoms with Crippen molar-refractivity contribution in [3.63, 3.8) is 0 Å². The van der Waals surface area contributed by atoms with E-state index in [1.165, 1.54) is 0 Å². The first-order chi connectivity index (χ1) is 8.97. The number of fused-ring (bicyclic) bond motifs is 1. The third kappa shape index (κ3) is 3.48. The minimum Gasteiger partial charge on any atom is -0.324 e. The van der Waals surface area contributed by atoms with Crippen LogP contribution in [-0.2, 0) is 4.79 Å². The summed E-state index contributed by atoms with van der Waals surface area (Å²) in [5.41, 5.74) is 1.82. The van der Waals surface area contributed by atoms with Gasteiger partial charge in [-0.3, -0.25) is 10.1 Å². The molecule has 2 N–H and O–H groups in total. The van der Waals surface area contributed by atoms with Gasteiger partial charge in [-0.2, -0.15) is 0 Å². The molecule has 1 aromatic rings. The molecule has 1 heterocycles. The van der Waals surface area contributed by atoms with E-state index in [4.69, 9.17) is 11.6 Å². The molecule has 2 rings (SSSR count). The summed E-state index contributed by atoms with van der Waals surface area (Å²) < 4.78 is 0. The highest BCUT2D eigenvalue weighted by atomic mass is 35.5. The van der Waals surface area contributed by atoms with Gasteiger partial charge in [0.15, 0.2) is 0 Å². The summed E-state index contributed by atoms with van der Waals surface area (Å²) in [5.74, 6) is 0.692. The van der Waals surface area contributed by atoms with Crippen LogP contribution in [0.1, 0.15) is 45.2 Å². The van der Waals surface area contributed by atoms with E-state index in [0.29, 0.717) is 17.0 Å². The van der Waals surface area contributed by atoms with E-state index in [2.05, 4.69) is 31.4 Å². The van der Waals surface area contributed by atoms with Crippen molar-refractivity contribution in [3.05, 3.63) is 28.8 Å². The maximum Gasteiger partial charge on any atom is 0.246 e. The minimum atomic E-state index is -0.282. The van der Waals surface area contributed by atoms with E-state index in [9.17, 15) is 4.79 Å². The Morgan fingerprint density at radius 2 is 2.05 bits per heavy atom. The Morgan fingerprint density at radius 1 is 1.32 bits per heavy atom. The van der Waals surface area contributed by atoms with Crippen molar-refractivity contribution in [1.82, 2.24) is 5.32 Å². The van der Waals surface area contributed by atoms with Gasteiger partial charge in [-0.05, 0) is 43.9 Å². The second kappa shape index (κ2) is 5.93. The zero-order valence-electron chi connectivity index (χ0n) is 11.7. The summed E-state index contributed by atoms with van der Waals surface area (Å²) in [5, 5.41) is 6.95. The molecule has 19 heavy (non-hydrogen) atoms. The van der Waals surface area contributed by atoms with Crippen LogP contribution < -0.4 is 10.6 Å². The Bertz CT molecular complexity index is 473. The highest BCUT2D eigenvalue weighted by Crippen LogP contribution is 2.33. The van der Waals surface area contributed by atoms with Crippen LogP contribution in [0.3, 0.4) is 0 Å². The number of halogens is 1. The molecule has 4 heteroatoms. The maximum atomic E-state index is 12.0. The van der Waals surface area contributed by atoms with Crippen molar-refractivity contribution < 1.29 is 4.79 Å². The molecule has 2 atom stereocenters. The van der Waals surface area contributed by atoms with E-state index in [1.807, 2.05) is 12.1 Å². The molecule has 0 saturated carbocycles. The second-order valence-electron chi connectivity index (χ2n) is 5.69. The van der Waals surface area contributed by atoms with Crippen LogP contribution in [-0.4, -0.2) is 11.9 Å². The molecule has 1 aliphatic rings. The van der Waals surface area contributed by atoms with Gasteiger partial charge in [-0.15, -0.1) is 0 Å². The lowest BCUT2D eigenvalue weighted by Crippen LogP contribution is -2.34. The molecule has 1 amide bonds. The van der Waals surface area contributed by atoms with Gasteiger partial charge < -0.3 is 5.32 Å². The lowest BCUT2D eigenvalue weighted by molar-refractivity contribution is -0.117. The third-order valence-electron chi connectivity index (χ3n) is 3.47. The third-order valence-corrected chi connectivity index (χ3v) is 3.71. The number of carbonyl (C=O) groups is 1. The Morgan fingerprint density at radius 3 is 2.74 bits per heavy atom. The standard InChI is InChI=1S/C15H21ClN2O/c1-9(2)4-5-10(3)17-14-12-8-11(16)6-7-13(12)18-15(14)19/h6-10,14,17H,4-5H2,1-3H3,(H,18,19). The topological polar surface area (TPSA) is 41.1 Å². The molecule has 2 unspecified atom stereocenters. The van der Waals surface area contributed by atoms with Crippen LogP contribution in [0.5, 0.6) is 0 Å². The lowest BCUT2D eigenvalue weighted by atomic mass is 10.0. The van der Waals surface area contributed by atoms with Gasteiger partial charge in [0.05, 0.1) is 0 Å². The van der Waals surface area contributed by atoms with Gasteiger partial charge in [-0.1, -0.05) is 25.4 Å². The zero-order chi connectivity index (χ0) is 14.0. The molecule has 104 valence electrons. The molecule has 3 nitrogen and oxygen atoms in total. The molecule has 0 bridgehead atoms. The van der Waals surface area contributed by atoms with Crippen LogP contribution in [0.2, 0.25) is 5.02 Å². The van der Waals surface area contributed by atoms with Crippen molar-refractivity contribution in [1.29, 1.82) is 0 Å². The van der Waals surface area contributed by atoms with E-state index in [0.717, 1.165) is 24.1 Å². The smallest absolute Gasteiger partial charge is 0.246 e. The first-order valence-electron chi connectivity index (χ1n) is 6.83. The van der Waals surface area contributed by atoms with Crippen molar-refractivity contribution in [2.75, 3.05) is 5.32 Å². The zero-order valence-corrected chi connectivity index (χ0v) is 12.4. The predicted molar refractivity (Wildman–Crippen MR) is 79.5 cm³/mol. The number of anilines is 1. The second-order valence-corrected chi connectivity index (χ2v) is 6.13. The molecule has 0 spiro atoms. The SMILES string of the molecule is CC(C)CCC(C)NC1C(=O)Nc2ccc(Cl)cc21. The van der Waals surface area contributed by atoms with Gasteiger partial charge in [0.2, 0.25) is 5.91 Å². The van der Waals surface area contributed by atoms with Crippen LogP contribution in [0, 0.1) is 5.92 Å². The molecule has 0 aromatic heterocycles. The normalized spacial score (nSPS) is 19.4. The number of carbonyl (C=O) groups excluding carboxylic acids is 1. The predicted octanol–water partition coefficient (Wildman–Crippen LogP) is 3.75. The number of benzene rings is 1. The summed E-state index contributed by atoms with van der Waals surface area (Å²) >= 11 is 6.01. The van der Waals surface area contributed by atoms with Crippen LogP contribution in [0.15, 0.2) is 18.2 Å². The van der Waals surface area contributed by atoms with Crippen molar-refractivity contribution >= 4 is 23.2 Å². The Labute approximate surface area is 119 Å². The van der Waals surface area contributed by atoms with Crippen LogP contribution in [0.4, 0.5) is 5.69 Å². The first kappa shape index (κ1) is 14.4. The number of nitrogens with one attached hydrogen (secondary N) is 2. The lowest BCUT2D eigenvalue weighted by Gasteiger charge is -2.19. The molecule has 0 radical (unpaired) electrons. The summed E-state index contributed by atoms with van der Waals surface area (Å²) in [7, 11) is 0. The number of hydrogen-bond acceptors (Lipinski definition) is 2. The maximum absolute atomic E-state index is 12.0. The van der Waals surface area contributed by atoms with Gasteiger partial charge >= 0.3 is 0 Å². The fraction of sp³-hybridized carbons (Fsp3) is 0.533. The molecule has 0 aliphatic carbocycles. The molecular formula is C15H21ClN2O. The van der Waals surface area contributed by atoms with Gasteiger partial charge in [0.25, 0.3) is 0 Å². The monoisotopic (exact) mass is 280 g/mol. The Hall–Kier alpha value is -1.06. The van der Waals surface area contributed by atoms with Crippen molar-refractivity contribution in [2.45, 2.75) is 45.7 Å². The molecule has 0 saturated heterocycles. The molecular weight excluding hydrogens is 260 g/mol. The summed E-state index contributed by atoms with van der Waals surface area (Å²) in [4.78, 5) is 12.0. The fourth-order valence-electron chi connectivity index (χ4n) is 2.35. The number of rotatable bonds is 5. The highest BCUT2D eigenvalue weighted by molar-refractivity contribution is 6.31. The van der Waals surface area contributed by atoms with Crippen LogP contribution in [0.25, 0.3) is 0 Å². The summed E-state index contributed by atoms with van der Waals surface area (Å²) in [6.45, 7) is 6.55. The average Bonchev–Trinajstić information content (AvgIpc) is 2.63. The number of hydrogen-bond donors (Lipinski definition) is 2. The van der Waals surface area contributed by atoms with Crippen LogP contribution >= 0.6 is 11.6 Å². The Balaban J connectivity index is 2.05. The fourth-order valence-corrected chi connectivity index (χ4v) is 2.53. The molecule has 0 fully saturated rings. The first-order valence-corrected chi connectivity index (χ1v) is 7.21. The average molecular weight is 281 g/mol. The van der Waals surface area contributed by atoms with Gasteiger partial charge in [-0.25, -0.2) is 0 Å². The largest absolute Gasteiger partial charge is 0.324 e. The van der Waals surface area contributed by atoms with E-state index in [-0.39, 0.29) is 11.9 Å². The summed E-state index contributed by atoms with van der Waals surface area (Å²) in [6, 6.07) is 5.54. The molecule has 1 aromatic carbocycles. The molecule has 1 aliphatic heterocycles. The van der Waals surface area contributed by atoms with Gasteiger partial charge in [0, 0.05) is 22.3 Å². The van der Waals surface area contributed by atoms with E-state index < -0.39 is 0 Å². The quantitative estimate of drug-likeness (QED) is 0.862. The Kier molecular flexibility index (Phi) is 4.48. The highest BCUT2D eigenvalue weighted by Gasteiger charge is 2.31. The summed E-state index contributed by atoms with van der Waals surface area (Å²) in [6.07, 6.45) is 2.22. The van der Waals surface area contributed by atoms with E-state index in [1.54, 1.807) is 6.07 Å².